The Morgan fingerprint density at radius 3 is 1.69 bits per heavy atom. The van der Waals surface area contributed by atoms with Crippen molar-refractivity contribution in [2.24, 2.45) is 0 Å². The first kappa shape index (κ1) is 9.04. The zero-order chi connectivity index (χ0) is 11.1. The predicted molar refractivity (Wildman–Crippen MR) is 61.7 cm³/mol. The molecule has 16 heavy (non-hydrogen) atoms. The van der Waals surface area contributed by atoms with Crippen LogP contribution in [-0.4, -0.2) is 11.6 Å². The van der Waals surface area contributed by atoms with Crippen molar-refractivity contribution >= 4 is 22.3 Å². The van der Waals surface area contributed by atoms with Crippen LogP contribution in [0.25, 0.3) is 10.8 Å². The van der Waals surface area contributed by atoms with E-state index in [0.29, 0.717) is 11.1 Å². The van der Waals surface area contributed by atoms with Gasteiger partial charge >= 0.3 is 0 Å². The van der Waals surface area contributed by atoms with Gasteiger partial charge in [-0.1, -0.05) is 36.4 Å². The minimum Gasteiger partial charge on any atom is -0.289 e. The summed E-state index contributed by atoms with van der Waals surface area (Å²) in [6.07, 6.45) is 2.69. The summed E-state index contributed by atoms with van der Waals surface area (Å²) in [5.74, 6) is -0.215. The Morgan fingerprint density at radius 2 is 1.19 bits per heavy atom. The van der Waals surface area contributed by atoms with Crippen LogP contribution in [0.2, 0.25) is 0 Å². The molecule has 0 aliphatic heterocycles. The molecular formula is C14H8O2. The van der Waals surface area contributed by atoms with Crippen molar-refractivity contribution in [2.45, 2.75) is 0 Å². The normalized spacial score (nSPS) is 14.2. The van der Waals surface area contributed by atoms with Crippen LogP contribution < -0.4 is 0 Å². The van der Waals surface area contributed by atoms with Crippen LogP contribution in [0.5, 0.6) is 0 Å². The van der Waals surface area contributed by atoms with Crippen LogP contribution in [0, 0.1) is 0 Å². The SMILES string of the molecule is O=C1C=CC(=O)c2cccc3cccc1c23. The summed E-state index contributed by atoms with van der Waals surface area (Å²) in [6.45, 7) is 0. The Morgan fingerprint density at radius 1 is 0.688 bits per heavy atom. The third kappa shape index (κ3) is 1.13. The zero-order valence-electron chi connectivity index (χ0n) is 8.44. The molecule has 76 valence electrons. The van der Waals surface area contributed by atoms with E-state index in [1.807, 2.05) is 24.3 Å². The maximum atomic E-state index is 11.8. The van der Waals surface area contributed by atoms with Crippen LogP contribution in [0.15, 0.2) is 48.6 Å². The molecule has 1 aliphatic rings. The van der Waals surface area contributed by atoms with Gasteiger partial charge in [-0.05, 0) is 17.5 Å². The van der Waals surface area contributed by atoms with Gasteiger partial charge < -0.3 is 0 Å². The highest BCUT2D eigenvalue weighted by Crippen LogP contribution is 2.26. The number of rotatable bonds is 0. The lowest BCUT2D eigenvalue weighted by Crippen LogP contribution is -1.96. The standard InChI is InChI=1S/C14H8O2/c15-12-7-8-13(16)11-6-2-4-9-3-1-5-10(12)14(9)11/h1-8H. The van der Waals surface area contributed by atoms with Crippen molar-refractivity contribution in [3.8, 4) is 0 Å². The van der Waals surface area contributed by atoms with Gasteiger partial charge in [-0.3, -0.25) is 9.59 Å². The molecule has 0 aromatic heterocycles. The quantitative estimate of drug-likeness (QED) is 0.667. The third-order valence-electron chi connectivity index (χ3n) is 2.82. The van der Waals surface area contributed by atoms with E-state index in [1.165, 1.54) is 12.2 Å². The molecule has 0 unspecified atom stereocenters. The summed E-state index contributed by atoms with van der Waals surface area (Å²) in [6, 6.07) is 11.0. The molecule has 0 saturated heterocycles. The largest absolute Gasteiger partial charge is 0.289 e. The lowest BCUT2D eigenvalue weighted by atomic mass is 9.97. The molecule has 0 atom stereocenters. The minimum absolute atomic E-state index is 0.107. The fraction of sp³-hybridized carbons (Fsp3) is 0. The molecule has 2 nitrogen and oxygen atoms in total. The number of carbonyl (C=O) groups is 2. The Bertz CT molecular complexity index is 598. The molecule has 2 heteroatoms. The fourth-order valence-electron chi connectivity index (χ4n) is 2.08. The highest BCUT2D eigenvalue weighted by molar-refractivity contribution is 6.25. The maximum Gasteiger partial charge on any atom is 0.186 e. The summed E-state index contributed by atoms with van der Waals surface area (Å²) in [4.78, 5) is 23.6. The van der Waals surface area contributed by atoms with Crippen molar-refractivity contribution in [1.29, 1.82) is 0 Å². The van der Waals surface area contributed by atoms with Gasteiger partial charge in [-0.25, -0.2) is 0 Å². The van der Waals surface area contributed by atoms with Gasteiger partial charge in [0.15, 0.2) is 11.6 Å². The molecule has 0 radical (unpaired) electrons. The Hall–Kier alpha value is -2.22. The molecular weight excluding hydrogens is 200 g/mol. The van der Waals surface area contributed by atoms with E-state index in [2.05, 4.69) is 0 Å². The molecule has 2 aromatic carbocycles. The topological polar surface area (TPSA) is 34.1 Å². The number of carbonyl (C=O) groups excluding carboxylic acids is 2. The number of allylic oxidation sites excluding steroid dienone is 2. The van der Waals surface area contributed by atoms with E-state index in [9.17, 15) is 9.59 Å². The van der Waals surface area contributed by atoms with Crippen LogP contribution >= 0.6 is 0 Å². The van der Waals surface area contributed by atoms with Crippen LogP contribution in [0.1, 0.15) is 20.7 Å². The van der Waals surface area contributed by atoms with Crippen LogP contribution in [-0.2, 0) is 0 Å². The Balaban J connectivity index is 2.56. The molecule has 0 saturated carbocycles. The van der Waals surface area contributed by atoms with E-state index in [-0.39, 0.29) is 11.6 Å². The van der Waals surface area contributed by atoms with E-state index in [4.69, 9.17) is 0 Å². The van der Waals surface area contributed by atoms with Gasteiger partial charge in [-0.2, -0.15) is 0 Å². The van der Waals surface area contributed by atoms with Gasteiger partial charge in [0.25, 0.3) is 0 Å². The summed E-state index contributed by atoms with van der Waals surface area (Å²) in [7, 11) is 0. The van der Waals surface area contributed by atoms with Crippen molar-refractivity contribution in [1.82, 2.24) is 0 Å². The van der Waals surface area contributed by atoms with Gasteiger partial charge in [0.05, 0.1) is 0 Å². The zero-order valence-corrected chi connectivity index (χ0v) is 8.44. The lowest BCUT2D eigenvalue weighted by Gasteiger charge is -2.05. The molecule has 0 fully saturated rings. The second kappa shape index (κ2) is 3.14. The van der Waals surface area contributed by atoms with Crippen LogP contribution in [0.3, 0.4) is 0 Å². The van der Waals surface area contributed by atoms with Gasteiger partial charge in [0, 0.05) is 16.5 Å². The first-order valence-corrected chi connectivity index (χ1v) is 5.06. The molecule has 1 aliphatic carbocycles. The highest BCUT2D eigenvalue weighted by atomic mass is 16.1. The van der Waals surface area contributed by atoms with E-state index in [1.54, 1.807) is 12.1 Å². The summed E-state index contributed by atoms with van der Waals surface area (Å²) in [5, 5.41) is 1.70. The van der Waals surface area contributed by atoms with Crippen molar-refractivity contribution in [3.63, 3.8) is 0 Å². The van der Waals surface area contributed by atoms with Gasteiger partial charge in [0.2, 0.25) is 0 Å². The Labute approximate surface area is 92.2 Å². The molecule has 0 N–H and O–H groups in total. The first-order chi connectivity index (χ1) is 7.77. The molecule has 2 aromatic rings. The molecule has 0 spiro atoms. The average molecular weight is 208 g/mol. The van der Waals surface area contributed by atoms with E-state index in [0.717, 1.165) is 10.8 Å². The third-order valence-corrected chi connectivity index (χ3v) is 2.82. The van der Waals surface area contributed by atoms with Crippen molar-refractivity contribution < 1.29 is 9.59 Å². The average Bonchev–Trinajstić information content (AvgIpc) is 2.44. The van der Waals surface area contributed by atoms with Crippen molar-refractivity contribution in [3.05, 3.63) is 59.7 Å². The van der Waals surface area contributed by atoms with E-state index >= 15 is 0 Å². The molecule has 0 amide bonds. The Kier molecular flexibility index (Phi) is 1.77. The number of benzene rings is 2. The molecule has 0 heterocycles. The summed E-state index contributed by atoms with van der Waals surface area (Å²) >= 11 is 0. The minimum atomic E-state index is -0.107. The van der Waals surface area contributed by atoms with E-state index < -0.39 is 0 Å². The summed E-state index contributed by atoms with van der Waals surface area (Å²) < 4.78 is 0. The van der Waals surface area contributed by atoms with Gasteiger partial charge in [-0.15, -0.1) is 0 Å². The maximum absolute atomic E-state index is 11.8. The molecule has 0 bridgehead atoms. The first-order valence-electron chi connectivity index (χ1n) is 5.06. The molecule has 3 rings (SSSR count). The number of ketones is 2. The fourth-order valence-corrected chi connectivity index (χ4v) is 2.08. The second-order valence-corrected chi connectivity index (χ2v) is 3.77. The monoisotopic (exact) mass is 208 g/mol. The smallest absolute Gasteiger partial charge is 0.186 e. The highest BCUT2D eigenvalue weighted by Gasteiger charge is 2.17. The predicted octanol–water partition coefficient (Wildman–Crippen LogP) is 2.78. The number of hydrogen-bond donors (Lipinski definition) is 0. The second-order valence-electron chi connectivity index (χ2n) is 3.77. The van der Waals surface area contributed by atoms with Crippen LogP contribution in [0.4, 0.5) is 0 Å². The van der Waals surface area contributed by atoms with Gasteiger partial charge in [0.1, 0.15) is 0 Å². The summed E-state index contributed by atoms with van der Waals surface area (Å²) in [5.41, 5.74) is 1.21. The number of hydrogen-bond acceptors (Lipinski definition) is 2. The van der Waals surface area contributed by atoms with Crippen molar-refractivity contribution in [2.75, 3.05) is 0 Å². The lowest BCUT2D eigenvalue weighted by molar-refractivity contribution is 0.102.